The van der Waals surface area contributed by atoms with Gasteiger partial charge in [0.25, 0.3) is 0 Å². The van der Waals surface area contributed by atoms with Gasteiger partial charge in [0, 0.05) is 12.2 Å². The zero-order chi connectivity index (χ0) is 12.9. The lowest BCUT2D eigenvalue weighted by Crippen LogP contribution is -2.23. The number of rotatable bonds is 5. The average molecular weight is 256 g/mol. The van der Waals surface area contributed by atoms with E-state index in [4.69, 9.17) is 16.3 Å². The topological polar surface area (TPSA) is 21.3 Å². The lowest BCUT2D eigenvalue weighted by atomic mass is 10.1. The van der Waals surface area contributed by atoms with Gasteiger partial charge in [-0.1, -0.05) is 18.2 Å². The molecule has 0 aliphatic carbocycles. The number of benzene rings is 1. The largest absolute Gasteiger partial charge is 0.382 e. The molecular formula is C14H22ClNO. The zero-order valence-corrected chi connectivity index (χ0v) is 11.8. The van der Waals surface area contributed by atoms with E-state index in [0.717, 1.165) is 17.8 Å². The van der Waals surface area contributed by atoms with Crippen molar-refractivity contribution < 1.29 is 4.74 Å². The molecule has 96 valence electrons. The number of alkyl halides is 1. The summed E-state index contributed by atoms with van der Waals surface area (Å²) in [6.07, 6.45) is 0. The minimum atomic E-state index is -0.0824. The van der Waals surface area contributed by atoms with Gasteiger partial charge in [-0.15, -0.1) is 11.6 Å². The summed E-state index contributed by atoms with van der Waals surface area (Å²) in [6.45, 7) is 9.63. The number of hydrogen-bond acceptors (Lipinski definition) is 2. The highest BCUT2D eigenvalue weighted by molar-refractivity contribution is 6.21. The molecule has 0 spiro atoms. The summed E-state index contributed by atoms with van der Waals surface area (Å²) in [5.74, 6) is 0. The Labute approximate surface area is 109 Å². The first-order valence-corrected chi connectivity index (χ1v) is 6.44. The van der Waals surface area contributed by atoms with Crippen LogP contribution in [0.2, 0.25) is 0 Å². The van der Waals surface area contributed by atoms with E-state index in [2.05, 4.69) is 26.1 Å². The van der Waals surface area contributed by atoms with Gasteiger partial charge < -0.3 is 10.1 Å². The number of anilines is 1. The van der Waals surface area contributed by atoms with Crippen molar-refractivity contribution in [1.82, 2.24) is 0 Å². The maximum atomic E-state index is 6.12. The maximum absolute atomic E-state index is 6.12. The molecule has 1 aromatic rings. The number of hydrogen-bond donors (Lipinski definition) is 1. The highest BCUT2D eigenvalue weighted by atomic mass is 35.5. The van der Waals surface area contributed by atoms with E-state index in [1.165, 1.54) is 0 Å². The van der Waals surface area contributed by atoms with Crippen LogP contribution in [0, 0.1) is 0 Å². The molecule has 0 radical (unpaired) electrons. The molecule has 1 unspecified atom stereocenters. The molecule has 0 aliphatic rings. The van der Waals surface area contributed by atoms with Crippen molar-refractivity contribution in [3.05, 3.63) is 29.8 Å². The Morgan fingerprint density at radius 2 is 1.94 bits per heavy atom. The third kappa shape index (κ3) is 5.42. The zero-order valence-electron chi connectivity index (χ0n) is 11.1. The lowest BCUT2D eigenvalue weighted by Gasteiger charge is -2.20. The molecule has 0 aromatic heterocycles. The molecule has 0 fully saturated rings. The van der Waals surface area contributed by atoms with Gasteiger partial charge in [-0.3, -0.25) is 0 Å². The molecular weight excluding hydrogens is 234 g/mol. The van der Waals surface area contributed by atoms with Crippen LogP contribution in [0.3, 0.4) is 0 Å². The van der Waals surface area contributed by atoms with Crippen LogP contribution in [0.5, 0.6) is 0 Å². The van der Waals surface area contributed by atoms with Crippen LogP contribution in [0.25, 0.3) is 0 Å². The van der Waals surface area contributed by atoms with Gasteiger partial charge in [0.15, 0.2) is 0 Å². The quantitative estimate of drug-likeness (QED) is 0.629. The van der Waals surface area contributed by atoms with Crippen molar-refractivity contribution in [3.8, 4) is 0 Å². The maximum Gasteiger partial charge on any atom is 0.0646 e. The highest BCUT2D eigenvalue weighted by Gasteiger charge is 2.10. The average Bonchev–Trinajstić information content (AvgIpc) is 2.23. The fourth-order valence-electron chi connectivity index (χ4n) is 1.55. The summed E-state index contributed by atoms with van der Waals surface area (Å²) in [6, 6.07) is 8.11. The van der Waals surface area contributed by atoms with Gasteiger partial charge in [0.05, 0.1) is 17.6 Å². The Bertz CT molecular complexity index is 344. The molecule has 17 heavy (non-hydrogen) atoms. The van der Waals surface area contributed by atoms with Crippen LogP contribution < -0.4 is 5.32 Å². The molecule has 0 bridgehead atoms. The van der Waals surface area contributed by atoms with Gasteiger partial charge in [-0.05, 0) is 39.3 Å². The second kappa shape index (κ2) is 6.27. The number of ether oxygens (including phenoxy) is 1. The van der Waals surface area contributed by atoms with Gasteiger partial charge in [-0.25, -0.2) is 0 Å². The van der Waals surface area contributed by atoms with E-state index >= 15 is 0 Å². The molecule has 0 heterocycles. The van der Waals surface area contributed by atoms with E-state index in [1.807, 2.05) is 31.2 Å². The molecule has 0 aliphatic heterocycles. The van der Waals surface area contributed by atoms with E-state index in [0.29, 0.717) is 6.61 Å². The molecule has 0 saturated carbocycles. The minimum absolute atomic E-state index is 0.0160. The molecule has 1 aromatic carbocycles. The molecule has 1 atom stereocenters. The predicted octanol–water partition coefficient (Wildman–Crippen LogP) is 4.21. The van der Waals surface area contributed by atoms with Gasteiger partial charge in [0.2, 0.25) is 0 Å². The molecule has 3 heteroatoms. The first kappa shape index (κ1) is 14.3. The van der Waals surface area contributed by atoms with Crippen molar-refractivity contribution in [3.63, 3.8) is 0 Å². The van der Waals surface area contributed by atoms with E-state index < -0.39 is 0 Å². The third-order valence-corrected chi connectivity index (χ3v) is 2.58. The first-order chi connectivity index (χ1) is 7.90. The summed E-state index contributed by atoms with van der Waals surface area (Å²) in [7, 11) is 0. The second-order valence-electron chi connectivity index (χ2n) is 5.09. The Hall–Kier alpha value is -0.730. The Kier molecular flexibility index (Phi) is 5.29. The molecule has 1 N–H and O–H groups in total. The summed E-state index contributed by atoms with van der Waals surface area (Å²) < 4.78 is 5.66. The van der Waals surface area contributed by atoms with Crippen molar-refractivity contribution in [2.45, 2.75) is 38.7 Å². The fourth-order valence-corrected chi connectivity index (χ4v) is 1.74. The second-order valence-corrected chi connectivity index (χ2v) is 5.75. The summed E-state index contributed by atoms with van der Waals surface area (Å²) >= 11 is 6.12. The third-order valence-electron chi connectivity index (χ3n) is 2.34. The number of halogens is 1. The van der Waals surface area contributed by atoms with Crippen molar-refractivity contribution in [2.75, 3.05) is 18.5 Å². The van der Waals surface area contributed by atoms with Crippen LogP contribution >= 0.6 is 11.6 Å². The molecule has 1 rings (SSSR count). The lowest BCUT2D eigenvalue weighted by molar-refractivity contribution is 0.00333. The Morgan fingerprint density at radius 3 is 2.53 bits per heavy atom. The summed E-state index contributed by atoms with van der Waals surface area (Å²) in [5.41, 5.74) is 2.14. The van der Waals surface area contributed by atoms with Crippen molar-refractivity contribution in [1.29, 1.82) is 0 Å². The molecule has 2 nitrogen and oxygen atoms in total. The fraction of sp³-hybridized carbons (Fsp3) is 0.571. The van der Waals surface area contributed by atoms with Gasteiger partial charge in [-0.2, -0.15) is 0 Å². The highest BCUT2D eigenvalue weighted by Crippen LogP contribution is 2.26. The van der Waals surface area contributed by atoms with Crippen LogP contribution in [-0.2, 0) is 4.74 Å². The standard InChI is InChI=1S/C14H22ClNO/c1-11(15)12-7-5-6-8-13(12)16-9-10-17-14(2,3)4/h5-8,11,16H,9-10H2,1-4H3. The smallest absolute Gasteiger partial charge is 0.0646 e. The van der Waals surface area contributed by atoms with Crippen molar-refractivity contribution in [2.24, 2.45) is 0 Å². The van der Waals surface area contributed by atoms with Crippen LogP contribution in [0.1, 0.15) is 38.6 Å². The van der Waals surface area contributed by atoms with Crippen LogP contribution in [0.4, 0.5) is 5.69 Å². The van der Waals surface area contributed by atoms with Crippen LogP contribution in [-0.4, -0.2) is 18.8 Å². The first-order valence-electron chi connectivity index (χ1n) is 6.01. The Morgan fingerprint density at radius 1 is 1.29 bits per heavy atom. The normalized spacial score (nSPS) is 13.5. The van der Waals surface area contributed by atoms with Gasteiger partial charge in [0.1, 0.15) is 0 Å². The van der Waals surface area contributed by atoms with E-state index in [1.54, 1.807) is 0 Å². The predicted molar refractivity (Wildman–Crippen MR) is 74.9 cm³/mol. The molecule has 0 amide bonds. The molecule has 0 saturated heterocycles. The monoisotopic (exact) mass is 255 g/mol. The summed E-state index contributed by atoms with van der Waals surface area (Å²) in [5, 5.41) is 3.37. The van der Waals surface area contributed by atoms with Gasteiger partial charge >= 0.3 is 0 Å². The Balaban J connectivity index is 2.47. The number of para-hydroxylation sites is 1. The van der Waals surface area contributed by atoms with E-state index in [-0.39, 0.29) is 11.0 Å². The van der Waals surface area contributed by atoms with Crippen molar-refractivity contribution >= 4 is 17.3 Å². The number of nitrogens with one attached hydrogen (secondary N) is 1. The van der Waals surface area contributed by atoms with E-state index in [9.17, 15) is 0 Å². The van der Waals surface area contributed by atoms with Crippen LogP contribution in [0.15, 0.2) is 24.3 Å². The minimum Gasteiger partial charge on any atom is -0.382 e. The SMILES string of the molecule is CC(Cl)c1ccccc1NCCOC(C)(C)C. The summed E-state index contributed by atoms with van der Waals surface area (Å²) in [4.78, 5) is 0.